The maximum Gasteiger partial charge on any atom is 0.326 e. The van der Waals surface area contributed by atoms with Crippen LogP contribution in [0.25, 0.3) is 0 Å². The predicted molar refractivity (Wildman–Crippen MR) is 98.2 cm³/mol. The number of hydrogen-bond donors (Lipinski definition) is 1. The molecular weight excluding hydrogens is 336 g/mol. The van der Waals surface area contributed by atoms with Crippen molar-refractivity contribution in [1.82, 2.24) is 9.88 Å². The van der Waals surface area contributed by atoms with Crippen LogP contribution in [0.1, 0.15) is 36.0 Å². The van der Waals surface area contributed by atoms with Crippen LogP contribution in [0.15, 0.2) is 35.2 Å². The second-order valence-electron chi connectivity index (χ2n) is 6.44. The van der Waals surface area contributed by atoms with Gasteiger partial charge < -0.3 is 10.2 Å². The van der Waals surface area contributed by atoms with Crippen LogP contribution >= 0.6 is 11.3 Å². The summed E-state index contributed by atoms with van der Waals surface area (Å²) < 4.78 is 0. The average molecular weight is 356 g/mol. The number of pyridine rings is 1. The Balaban J connectivity index is 1.42. The Morgan fingerprint density at radius 1 is 1.20 bits per heavy atom. The molecule has 4 rings (SSSR count). The van der Waals surface area contributed by atoms with Gasteiger partial charge in [-0.25, -0.2) is 9.78 Å². The van der Waals surface area contributed by atoms with E-state index < -0.39 is 0 Å². The first kappa shape index (κ1) is 16.1. The first-order valence-corrected chi connectivity index (χ1v) is 9.54. The molecule has 6 nitrogen and oxygen atoms in total. The average Bonchev–Trinajstić information content (AvgIpc) is 3.37. The van der Waals surface area contributed by atoms with Gasteiger partial charge >= 0.3 is 6.03 Å². The van der Waals surface area contributed by atoms with Crippen molar-refractivity contribution in [3.63, 3.8) is 0 Å². The third-order valence-corrected chi connectivity index (χ3v) is 5.56. The summed E-state index contributed by atoms with van der Waals surface area (Å²) in [6.07, 6.45) is 6.25. The fraction of sp³-hybridized carbons (Fsp3) is 0.389. The van der Waals surface area contributed by atoms with Crippen LogP contribution in [0.2, 0.25) is 0 Å². The van der Waals surface area contributed by atoms with Crippen molar-refractivity contribution in [3.05, 3.63) is 40.7 Å². The Labute approximate surface area is 150 Å². The second-order valence-corrected chi connectivity index (χ2v) is 7.22. The number of hydrogen-bond acceptors (Lipinski definition) is 4. The molecule has 1 saturated carbocycles. The maximum atomic E-state index is 12.7. The number of thiophene rings is 1. The minimum absolute atomic E-state index is 0.0504. The molecule has 1 N–H and O–H groups in total. The van der Waals surface area contributed by atoms with Crippen molar-refractivity contribution in [2.24, 2.45) is 0 Å². The molecule has 0 aromatic carbocycles. The van der Waals surface area contributed by atoms with E-state index in [0.717, 1.165) is 19.4 Å². The lowest BCUT2D eigenvalue weighted by molar-refractivity contribution is 0.102. The maximum absolute atomic E-state index is 12.7. The summed E-state index contributed by atoms with van der Waals surface area (Å²) in [5.41, 5.74) is 1.26. The number of carbonyl (C=O) groups excluding carboxylic acids is 2. The lowest BCUT2D eigenvalue weighted by Crippen LogP contribution is -2.38. The first-order chi connectivity index (χ1) is 12.2. The molecule has 2 fully saturated rings. The highest BCUT2D eigenvalue weighted by Crippen LogP contribution is 2.28. The molecule has 0 spiro atoms. The number of anilines is 2. The van der Waals surface area contributed by atoms with Crippen LogP contribution in [-0.4, -0.2) is 41.0 Å². The van der Waals surface area contributed by atoms with Gasteiger partial charge in [0.1, 0.15) is 5.82 Å². The molecular formula is C18H20N4O2S. The molecule has 0 atom stereocenters. The zero-order valence-corrected chi connectivity index (χ0v) is 14.7. The number of nitrogens with one attached hydrogen (secondary N) is 1. The monoisotopic (exact) mass is 356 g/mol. The van der Waals surface area contributed by atoms with Crippen molar-refractivity contribution in [1.29, 1.82) is 0 Å². The predicted octanol–water partition coefficient (Wildman–Crippen LogP) is 3.58. The van der Waals surface area contributed by atoms with Crippen molar-refractivity contribution in [2.45, 2.75) is 31.7 Å². The van der Waals surface area contributed by atoms with Crippen LogP contribution < -0.4 is 10.2 Å². The molecule has 2 aromatic rings. The molecule has 3 heterocycles. The number of urea groups is 1. The normalized spacial score (nSPS) is 18.2. The standard InChI is InChI=1S/C18H20N4O2S/c23-17(13-7-10-25-12-13)20-14-5-6-16(19-11-14)22-9-8-21(18(22)24)15-3-1-2-4-15/h5-7,10-12,15H,1-4,8-9H2,(H,20,23). The summed E-state index contributed by atoms with van der Waals surface area (Å²) >= 11 is 1.48. The van der Waals surface area contributed by atoms with Gasteiger partial charge in [-0.2, -0.15) is 11.3 Å². The minimum atomic E-state index is -0.152. The lowest BCUT2D eigenvalue weighted by Gasteiger charge is -2.23. The number of carbonyl (C=O) groups is 2. The fourth-order valence-corrected chi connectivity index (χ4v) is 4.17. The molecule has 0 radical (unpaired) electrons. The Hall–Kier alpha value is -2.41. The van der Waals surface area contributed by atoms with E-state index in [4.69, 9.17) is 0 Å². The summed E-state index contributed by atoms with van der Waals surface area (Å²) in [6.45, 7) is 1.44. The number of nitrogens with zero attached hydrogens (tertiary/aromatic N) is 3. The quantitative estimate of drug-likeness (QED) is 0.910. The Morgan fingerprint density at radius 3 is 2.72 bits per heavy atom. The van der Waals surface area contributed by atoms with E-state index in [1.807, 2.05) is 10.3 Å². The highest BCUT2D eigenvalue weighted by molar-refractivity contribution is 7.08. The van der Waals surface area contributed by atoms with Gasteiger partial charge in [-0.3, -0.25) is 9.69 Å². The number of rotatable bonds is 4. The van der Waals surface area contributed by atoms with Gasteiger partial charge in [0.2, 0.25) is 0 Å². The molecule has 2 aliphatic rings. The largest absolute Gasteiger partial charge is 0.326 e. The third-order valence-electron chi connectivity index (χ3n) is 4.87. The third kappa shape index (κ3) is 3.24. The Morgan fingerprint density at radius 2 is 2.04 bits per heavy atom. The highest BCUT2D eigenvalue weighted by Gasteiger charge is 2.36. The summed E-state index contributed by atoms with van der Waals surface area (Å²) in [6, 6.07) is 5.80. The van der Waals surface area contributed by atoms with Gasteiger partial charge in [0, 0.05) is 24.5 Å². The molecule has 7 heteroatoms. The Bertz CT molecular complexity index is 754. The lowest BCUT2D eigenvalue weighted by atomic mass is 10.2. The Kier molecular flexibility index (Phi) is 4.40. The molecule has 0 unspecified atom stereocenters. The minimum Gasteiger partial charge on any atom is -0.321 e. The molecule has 3 amide bonds. The highest BCUT2D eigenvalue weighted by atomic mass is 32.1. The van der Waals surface area contributed by atoms with E-state index in [9.17, 15) is 9.59 Å². The van der Waals surface area contributed by atoms with Crippen LogP contribution in [0.4, 0.5) is 16.3 Å². The zero-order chi connectivity index (χ0) is 17.2. The van der Waals surface area contributed by atoms with Crippen molar-refractivity contribution < 1.29 is 9.59 Å². The van der Waals surface area contributed by atoms with Gasteiger partial charge in [0.25, 0.3) is 5.91 Å². The van der Waals surface area contributed by atoms with Gasteiger partial charge in [0.15, 0.2) is 0 Å². The van der Waals surface area contributed by atoms with E-state index >= 15 is 0 Å². The molecule has 1 aliphatic heterocycles. The van der Waals surface area contributed by atoms with Crippen LogP contribution in [0.3, 0.4) is 0 Å². The van der Waals surface area contributed by atoms with Crippen molar-refractivity contribution in [3.8, 4) is 0 Å². The van der Waals surface area contributed by atoms with Crippen LogP contribution in [0.5, 0.6) is 0 Å². The molecule has 25 heavy (non-hydrogen) atoms. The van der Waals surface area contributed by atoms with Gasteiger partial charge in [-0.1, -0.05) is 12.8 Å². The number of aromatic nitrogens is 1. The summed E-state index contributed by atoms with van der Waals surface area (Å²) in [7, 11) is 0. The summed E-state index contributed by atoms with van der Waals surface area (Å²) in [5.74, 6) is 0.486. The van der Waals surface area contributed by atoms with Gasteiger partial charge in [-0.15, -0.1) is 0 Å². The first-order valence-electron chi connectivity index (χ1n) is 8.60. The van der Waals surface area contributed by atoms with E-state index in [2.05, 4.69) is 10.3 Å². The zero-order valence-electron chi connectivity index (χ0n) is 13.9. The summed E-state index contributed by atoms with van der Waals surface area (Å²) in [4.78, 5) is 32.8. The number of amides is 3. The summed E-state index contributed by atoms with van der Waals surface area (Å²) in [5, 5.41) is 6.49. The smallest absolute Gasteiger partial charge is 0.321 e. The molecule has 0 bridgehead atoms. The van der Waals surface area contributed by atoms with E-state index in [1.165, 1.54) is 24.2 Å². The molecule has 1 aliphatic carbocycles. The molecule has 2 aromatic heterocycles. The van der Waals surface area contributed by atoms with E-state index in [-0.39, 0.29) is 11.9 Å². The second kappa shape index (κ2) is 6.84. The molecule has 130 valence electrons. The van der Waals surface area contributed by atoms with Crippen LogP contribution in [-0.2, 0) is 0 Å². The van der Waals surface area contributed by atoms with Gasteiger partial charge in [0.05, 0.1) is 17.4 Å². The van der Waals surface area contributed by atoms with Crippen molar-refractivity contribution in [2.75, 3.05) is 23.3 Å². The topological polar surface area (TPSA) is 65.5 Å². The van der Waals surface area contributed by atoms with E-state index in [1.54, 1.807) is 34.7 Å². The van der Waals surface area contributed by atoms with Crippen molar-refractivity contribution >= 4 is 34.8 Å². The SMILES string of the molecule is O=C(Nc1ccc(N2CCN(C3CCCC3)C2=O)nc1)c1ccsc1. The fourth-order valence-electron chi connectivity index (χ4n) is 3.54. The molecule has 1 saturated heterocycles. The van der Waals surface area contributed by atoms with Gasteiger partial charge in [-0.05, 0) is 36.4 Å². The van der Waals surface area contributed by atoms with E-state index in [0.29, 0.717) is 29.7 Å². The van der Waals surface area contributed by atoms with Crippen LogP contribution in [0, 0.1) is 0 Å².